The van der Waals surface area contributed by atoms with E-state index in [9.17, 15) is 5.26 Å². The number of ether oxygens (including phenoxy) is 1. The van der Waals surface area contributed by atoms with E-state index in [1.54, 1.807) is 0 Å². The monoisotopic (exact) mass is 288 g/mol. The fourth-order valence-electron chi connectivity index (χ4n) is 2.42. The minimum Gasteiger partial charge on any atom is -0.493 e. The van der Waals surface area contributed by atoms with E-state index in [4.69, 9.17) is 4.74 Å². The predicted octanol–water partition coefficient (Wildman–Crippen LogP) is 4.25. The van der Waals surface area contributed by atoms with Gasteiger partial charge < -0.3 is 4.74 Å². The van der Waals surface area contributed by atoms with Crippen LogP contribution in [0.5, 0.6) is 5.75 Å². The Kier molecular flexibility index (Phi) is 7.25. The molecule has 21 heavy (non-hydrogen) atoms. The topological polar surface area (TPSA) is 45.0 Å². The molecule has 2 unspecified atom stereocenters. The highest BCUT2D eigenvalue weighted by Gasteiger charge is 2.21. The Morgan fingerprint density at radius 3 is 2.67 bits per heavy atom. The SMILES string of the molecule is CCNC(C)(C#N)CCCOc1ccccc1C(C)CC. The minimum atomic E-state index is -0.450. The third-order valence-corrected chi connectivity index (χ3v) is 3.95. The lowest BCUT2D eigenvalue weighted by Crippen LogP contribution is -2.40. The van der Waals surface area contributed by atoms with Crippen LogP contribution in [-0.4, -0.2) is 18.7 Å². The van der Waals surface area contributed by atoms with Crippen LogP contribution in [0.4, 0.5) is 0 Å². The van der Waals surface area contributed by atoms with Gasteiger partial charge >= 0.3 is 0 Å². The Bertz CT molecular complexity index is 467. The molecule has 0 radical (unpaired) electrons. The zero-order chi connectivity index (χ0) is 15.7. The van der Waals surface area contributed by atoms with Crippen molar-refractivity contribution >= 4 is 0 Å². The van der Waals surface area contributed by atoms with Gasteiger partial charge in [0.1, 0.15) is 11.3 Å². The molecule has 1 rings (SSSR count). The van der Waals surface area contributed by atoms with E-state index in [2.05, 4.69) is 37.4 Å². The third-order valence-electron chi connectivity index (χ3n) is 3.95. The first-order chi connectivity index (χ1) is 10.1. The number of hydrogen-bond donors (Lipinski definition) is 1. The summed E-state index contributed by atoms with van der Waals surface area (Å²) >= 11 is 0. The quantitative estimate of drug-likeness (QED) is 0.691. The summed E-state index contributed by atoms with van der Waals surface area (Å²) in [4.78, 5) is 0. The molecule has 0 aliphatic rings. The molecular weight excluding hydrogens is 260 g/mol. The Morgan fingerprint density at radius 2 is 2.05 bits per heavy atom. The summed E-state index contributed by atoms with van der Waals surface area (Å²) in [5.41, 5.74) is 0.823. The van der Waals surface area contributed by atoms with E-state index < -0.39 is 5.54 Å². The van der Waals surface area contributed by atoms with Crippen molar-refractivity contribution in [2.75, 3.05) is 13.2 Å². The molecule has 0 heterocycles. The van der Waals surface area contributed by atoms with Crippen molar-refractivity contribution in [3.63, 3.8) is 0 Å². The minimum absolute atomic E-state index is 0.450. The summed E-state index contributed by atoms with van der Waals surface area (Å²) < 4.78 is 5.94. The molecule has 1 N–H and O–H groups in total. The lowest BCUT2D eigenvalue weighted by Gasteiger charge is -2.22. The van der Waals surface area contributed by atoms with Crippen LogP contribution in [0.1, 0.15) is 58.4 Å². The van der Waals surface area contributed by atoms with Crippen molar-refractivity contribution in [2.24, 2.45) is 0 Å². The highest BCUT2D eigenvalue weighted by atomic mass is 16.5. The van der Waals surface area contributed by atoms with Crippen molar-refractivity contribution in [3.05, 3.63) is 29.8 Å². The summed E-state index contributed by atoms with van der Waals surface area (Å²) in [6, 6.07) is 10.6. The zero-order valence-corrected chi connectivity index (χ0v) is 13.8. The largest absolute Gasteiger partial charge is 0.493 e. The Labute approximate surface area is 129 Å². The third kappa shape index (κ3) is 5.40. The second-order valence-electron chi connectivity index (χ2n) is 5.77. The molecule has 0 aliphatic carbocycles. The fraction of sp³-hybridized carbons (Fsp3) is 0.611. The molecule has 0 bridgehead atoms. The van der Waals surface area contributed by atoms with Crippen LogP contribution in [0.3, 0.4) is 0 Å². The predicted molar refractivity (Wildman–Crippen MR) is 87.6 cm³/mol. The molecule has 0 saturated carbocycles. The maximum absolute atomic E-state index is 9.23. The molecular formula is C18H28N2O. The van der Waals surface area contributed by atoms with Gasteiger partial charge in [-0.3, -0.25) is 5.32 Å². The number of nitriles is 1. The van der Waals surface area contributed by atoms with Crippen LogP contribution in [0, 0.1) is 11.3 Å². The number of benzene rings is 1. The van der Waals surface area contributed by atoms with Crippen molar-refractivity contribution < 1.29 is 4.74 Å². The average molecular weight is 288 g/mol. The van der Waals surface area contributed by atoms with Gasteiger partial charge in [0, 0.05) is 0 Å². The number of rotatable bonds is 9. The summed E-state index contributed by atoms with van der Waals surface area (Å²) in [6.07, 6.45) is 2.77. The molecule has 1 aromatic carbocycles. The summed E-state index contributed by atoms with van der Waals surface area (Å²) in [7, 11) is 0. The Hall–Kier alpha value is -1.53. The molecule has 3 nitrogen and oxygen atoms in total. The van der Waals surface area contributed by atoms with Crippen LogP contribution in [0.2, 0.25) is 0 Å². The molecule has 0 spiro atoms. The van der Waals surface area contributed by atoms with Crippen LogP contribution in [0.15, 0.2) is 24.3 Å². The lowest BCUT2D eigenvalue weighted by atomic mass is 9.97. The molecule has 0 fully saturated rings. The molecule has 0 amide bonds. The highest BCUT2D eigenvalue weighted by molar-refractivity contribution is 5.35. The van der Waals surface area contributed by atoms with Crippen molar-refractivity contribution in [1.29, 1.82) is 5.26 Å². The summed E-state index contributed by atoms with van der Waals surface area (Å²) in [6.45, 7) is 9.84. The Balaban J connectivity index is 2.52. The standard InChI is InChI=1S/C18H28N2O/c1-5-15(3)16-10-7-8-11-17(16)21-13-9-12-18(4,14-19)20-6-2/h7-8,10-11,15,20H,5-6,9,12-13H2,1-4H3. The molecule has 3 heteroatoms. The van der Waals surface area contributed by atoms with Gasteiger partial charge in [-0.25, -0.2) is 0 Å². The molecule has 1 aromatic rings. The number of nitrogens with zero attached hydrogens (tertiary/aromatic N) is 1. The molecule has 0 saturated heterocycles. The van der Waals surface area contributed by atoms with Gasteiger partial charge in [0.25, 0.3) is 0 Å². The van der Waals surface area contributed by atoms with Crippen LogP contribution < -0.4 is 10.1 Å². The normalized spacial score (nSPS) is 15.0. The molecule has 0 aliphatic heterocycles. The smallest absolute Gasteiger partial charge is 0.122 e. The molecule has 116 valence electrons. The first-order valence-electron chi connectivity index (χ1n) is 7.94. The highest BCUT2D eigenvalue weighted by Crippen LogP contribution is 2.28. The number of para-hydroxylation sites is 1. The number of hydrogen-bond acceptors (Lipinski definition) is 3. The van der Waals surface area contributed by atoms with Crippen LogP contribution >= 0.6 is 0 Å². The van der Waals surface area contributed by atoms with E-state index in [0.717, 1.165) is 31.6 Å². The molecule has 0 aromatic heterocycles. The van der Waals surface area contributed by atoms with Gasteiger partial charge in [-0.15, -0.1) is 0 Å². The second kappa shape index (κ2) is 8.69. The van der Waals surface area contributed by atoms with Crippen LogP contribution in [0.25, 0.3) is 0 Å². The lowest BCUT2D eigenvalue weighted by molar-refractivity contribution is 0.283. The summed E-state index contributed by atoms with van der Waals surface area (Å²) in [5.74, 6) is 1.49. The van der Waals surface area contributed by atoms with Crippen molar-refractivity contribution in [1.82, 2.24) is 5.32 Å². The van der Waals surface area contributed by atoms with Gasteiger partial charge in [0.2, 0.25) is 0 Å². The van der Waals surface area contributed by atoms with Gasteiger partial charge in [-0.1, -0.05) is 39.0 Å². The van der Waals surface area contributed by atoms with E-state index in [1.165, 1.54) is 5.56 Å². The van der Waals surface area contributed by atoms with Gasteiger partial charge in [-0.2, -0.15) is 5.26 Å². The zero-order valence-electron chi connectivity index (χ0n) is 13.8. The second-order valence-corrected chi connectivity index (χ2v) is 5.77. The van der Waals surface area contributed by atoms with E-state index in [0.29, 0.717) is 12.5 Å². The average Bonchev–Trinajstić information content (AvgIpc) is 2.51. The van der Waals surface area contributed by atoms with Gasteiger partial charge in [-0.05, 0) is 50.3 Å². The maximum Gasteiger partial charge on any atom is 0.122 e. The first kappa shape index (κ1) is 17.5. The summed E-state index contributed by atoms with van der Waals surface area (Å²) in [5, 5.41) is 12.5. The van der Waals surface area contributed by atoms with E-state index in [1.807, 2.05) is 26.0 Å². The van der Waals surface area contributed by atoms with E-state index >= 15 is 0 Å². The van der Waals surface area contributed by atoms with Crippen molar-refractivity contribution in [3.8, 4) is 11.8 Å². The first-order valence-corrected chi connectivity index (χ1v) is 7.94. The maximum atomic E-state index is 9.23. The fourth-order valence-corrected chi connectivity index (χ4v) is 2.42. The van der Waals surface area contributed by atoms with E-state index in [-0.39, 0.29) is 0 Å². The Morgan fingerprint density at radius 1 is 1.33 bits per heavy atom. The number of nitrogens with one attached hydrogen (secondary N) is 1. The van der Waals surface area contributed by atoms with Gasteiger partial charge in [0.05, 0.1) is 12.7 Å². The van der Waals surface area contributed by atoms with Crippen LogP contribution in [-0.2, 0) is 0 Å². The molecule has 2 atom stereocenters. The van der Waals surface area contributed by atoms with Gasteiger partial charge in [0.15, 0.2) is 0 Å². The van der Waals surface area contributed by atoms with Crippen molar-refractivity contribution in [2.45, 2.75) is 58.4 Å².